The highest BCUT2D eigenvalue weighted by atomic mass is 35.5. The van der Waals surface area contributed by atoms with Gasteiger partial charge in [0.05, 0.1) is 11.4 Å². The molecule has 0 aliphatic carbocycles. The Hall–Kier alpha value is -1.53. The molecule has 1 aliphatic heterocycles. The van der Waals surface area contributed by atoms with Gasteiger partial charge in [-0.15, -0.1) is 10.2 Å². The molecule has 1 aromatic heterocycles. The van der Waals surface area contributed by atoms with E-state index in [-0.39, 0.29) is 5.91 Å². The van der Waals surface area contributed by atoms with E-state index in [1.807, 2.05) is 34.6 Å². The van der Waals surface area contributed by atoms with Gasteiger partial charge in [-0.3, -0.25) is 9.36 Å². The highest BCUT2D eigenvalue weighted by molar-refractivity contribution is 7.99. The van der Waals surface area contributed by atoms with Crippen molar-refractivity contribution in [2.75, 3.05) is 18.8 Å². The van der Waals surface area contributed by atoms with Crippen molar-refractivity contribution in [1.82, 2.24) is 19.7 Å². The largest absolute Gasteiger partial charge is 0.342 e. The highest BCUT2D eigenvalue weighted by Crippen LogP contribution is 2.24. The Morgan fingerprint density at radius 2 is 2.29 bits per heavy atom. The molecule has 2 aromatic rings. The van der Waals surface area contributed by atoms with Crippen LogP contribution in [0, 0.1) is 12.8 Å². The van der Waals surface area contributed by atoms with Gasteiger partial charge in [0.25, 0.3) is 0 Å². The summed E-state index contributed by atoms with van der Waals surface area (Å²) < 4.78 is 1.86. The second kappa shape index (κ2) is 7.57. The summed E-state index contributed by atoms with van der Waals surface area (Å²) in [4.78, 5) is 14.4. The van der Waals surface area contributed by atoms with Crippen LogP contribution in [0.3, 0.4) is 0 Å². The summed E-state index contributed by atoms with van der Waals surface area (Å²) in [5.74, 6) is 1.14. The van der Waals surface area contributed by atoms with Crippen LogP contribution < -0.4 is 0 Å². The Balaban J connectivity index is 1.67. The molecule has 0 N–H and O–H groups in total. The summed E-state index contributed by atoms with van der Waals surface area (Å²) >= 11 is 7.62. The summed E-state index contributed by atoms with van der Waals surface area (Å²) in [6.07, 6.45) is 3.95. The summed E-state index contributed by atoms with van der Waals surface area (Å²) in [6, 6.07) is 5.83. The first kappa shape index (κ1) is 17.3. The molecule has 1 aliphatic rings. The quantitative estimate of drug-likeness (QED) is 0.778. The lowest BCUT2D eigenvalue weighted by Crippen LogP contribution is -2.40. The molecule has 0 unspecified atom stereocenters. The Kier molecular flexibility index (Phi) is 5.46. The number of carbonyl (C=O) groups excluding carboxylic acids is 1. The number of thioether (sulfide) groups is 1. The minimum Gasteiger partial charge on any atom is -0.342 e. The normalized spacial score (nSPS) is 18.0. The molecule has 0 radical (unpaired) electrons. The van der Waals surface area contributed by atoms with E-state index in [9.17, 15) is 4.79 Å². The predicted molar refractivity (Wildman–Crippen MR) is 96.8 cm³/mol. The fourth-order valence-electron chi connectivity index (χ4n) is 2.87. The molecule has 128 valence electrons. The Morgan fingerprint density at radius 3 is 3.04 bits per heavy atom. The van der Waals surface area contributed by atoms with Crippen LogP contribution in [0.25, 0.3) is 5.69 Å². The van der Waals surface area contributed by atoms with Crippen molar-refractivity contribution >= 4 is 29.3 Å². The molecule has 1 fully saturated rings. The van der Waals surface area contributed by atoms with Crippen molar-refractivity contribution < 1.29 is 4.79 Å². The van der Waals surface area contributed by atoms with Crippen LogP contribution in [0.2, 0.25) is 5.02 Å². The number of halogens is 1. The van der Waals surface area contributed by atoms with Gasteiger partial charge >= 0.3 is 0 Å². The zero-order chi connectivity index (χ0) is 17.1. The molecule has 1 saturated heterocycles. The predicted octanol–water partition coefficient (Wildman–Crippen LogP) is 3.58. The van der Waals surface area contributed by atoms with Gasteiger partial charge in [-0.1, -0.05) is 36.4 Å². The van der Waals surface area contributed by atoms with Crippen LogP contribution in [0.5, 0.6) is 0 Å². The number of amides is 1. The number of nitrogens with zero attached hydrogens (tertiary/aromatic N) is 4. The third-order valence-electron chi connectivity index (χ3n) is 4.28. The van der Waals surface area contributed by atoms with Crippen molar-refractivity contribution in [3.63, 3.8) is 0 Å². The first-order chi connectivity index (χ1) is 11.5. The second-order valence-electron chi connectivity index (χ2n) is 6.29. The summed E-state index contributed by atoms with van der Waals surface area (Å²) in [6.45, 7) is 5.89. The van der Waals surface area contributed by atoms with Crippen molar-refractivity contribution in [3.8, 4) is 5.69 Å². The van der Waals surface area contributed by atoms with Gasteiger partial charge in [0.15, 0.2) is 5.16 Å². The van der Waals surface area contributed by atoms with Crippen LogP contribution in [-0.2, 0) is 4.79 Å². The van der Waals surface area contributed by atoms with Gasteiger partial charge < -0.3 is 4.90 Å². The number of rotatable bonds is 4. The van der Waals surface area contributed by atoms with Gasteiger partial charge in [0.1, 0.15) is 6.33 Å². The van der Waals surface area contributed by atoms with Crippen LogP contribution >= 0.6 is 23.4 Å². The summed E-state index contributed by atoms with van der Waals surface area (Å²) in [5.41, 5.74) is 1.93. The van der Waals surface area contributed by atoms with Crippen LogP contribution in [0.4, 0.5) is 0 Å². The fraction of sp³-hybridized carbons (Fsp3) is 0.471. The molecule has 1 aromatic carbocycles. The van der Waals surface area contributed by atoms with Gasteiger partial charge in [-0.05, 0) is 43.4 Å². The average Bonchev–Trinajstić information content (AvgIpc) is 3.03. The number of carbonyl (C=O) groups is 1. The first-order valence-corrected chi connectivity index (χ1v) is 9.48. The highest BCUT2D eigenvalue weighted by Gasteiger charge is 2.21. The lowest BCUT2D eigenvalue weighted by atomic mass is 10.0. The SMILES string of the molecule is Cc1ccc(-n2cnnc2SCC(=O)N2CCC[C@@H](C)C2)cc1Cl. The number of piperidine rings is 1. The molecule has 1 amide bonds. The lowest BCUT2D eigenvalue weighted by molar-refractivity contribution is -0.130. The van der Waals surface area contributed by atoms with E-state index < -0.39 is 0 Å². The third kappa shape index (κ3) is 3.92. The molecule has 2 heterocycles. The van der Waals surface area contributed by atoms with Crippen molar-refractivity contribution in [3.05, 3.63) is 35.1 Å². The van der Waals surface area contributed by atoms with E-state index in [2.05, 4.69) is 17.1 Å². The maximum Gasteiger partial charge on any atom is 0.233 e. The van der Waals surface area contributed by atoms with E-state index >= 15 is 0 Å². The topological polar surface area (TPSA) is 51.0 Å². The van der Waals surface area contributed by atoms with Gasteiger partial charge in [-0.2, -0.15) is 0 Å². The number of aryl methyl sites for hydroxylation is 1. The van der Waals surface area contributed by atoms with Gasteiger partial charge in [0, 0.05) is 18.1 Å². The number of likely N-dealkylation sites (tertiary alicyclic amines) is 1. The monoisotopic (exact) mass is 364 g/mol. The smallest absolute Gasteiger partial charge is 0.233 e. The van der Waals surface area contributed by atoms with Crippen LogP contribution in [0.15, 0.2) is 29.7 Å². The van der Waals surface area contributed by atoms with Crippen molar-refractivity contribution in [1.29, 1.82) is 0 Å². The molecule has 0 saturated carbocycles. The van der Waals surface area contributed by atoms with Gasteiger partial charge in [0.2, 0.25) is 5.91 Å². The number of hydrogen-bond donors (Lipinski definition) is 0. The molecular formula is C17H21ClN4OS. The molecule has 1 atom stereocenters. The van der Waals surface area contributed by atoms with E-state index in [1.54, 1.807) is 6.33 Å². The van der Waals surface area contributed by atoms with E-state index in [4.69, 9.17) is 11.6 Å². The lowest BCUT2D eigenvalue weighted by Gasteiger charge is -2.30. The van der Waals surface area contributed by atoms with Crippen molar-refractivity contribution in [2.45, 2.75) is 31.8 Å². The molecule has 5 nitrogen and oxygen atoms in total. The number of hydrogen-bond acceptors (Lipinski definition) is 4. The van der Waals surface area contributed by atoms with E-state index in [0.29, 0.717) is 21.8 Å². The Morgan fingerprint density at radius 1 is 1.46 bits per heavy atom. The zero-order valence-electron chi connectivity index (χ0n) is 13.9. The second-order valence-corrected chi connectivity index (χ2v) is 7.64. The Bertz CT molecular complexity index is 733. The molecule has 3 rings (SSSR count). The van der Waals surface area contributed by atoms with Crippen LogP contribution in [-0.4, -0.2) is 44.4 Å². The van der Waals surface area contributed by atoms with Gasteiger partial charge in [-0.25, -0.2) is 0 Å². The average molecular weight is 365 g/mol. The van der Waals surface area contributed by atoms with E-state index in [1.165, 1.54) is 18.2 Å². The minimum atomic E-state index is 0.169. The number of benzene rings is 1. The first-order valence-electron chi connectivity index (χ1n) is 8.11. The Labute approximate surface area is 151 Å². The zero-order valence-corrected chi connectivity index (χ0v) is 15.5. The molecule has 24 heavy (non-hydrogen) atoms. The number of aromatic nitrogens is 3. The van der Waals surface area contributed by atoms with E-state index in [0.717, 1.165) is 30.8 Å². The standard InChI is InChI=1S/C17H21ClN4OS/c1-12-4-3-7-21(9-12)16(23)10-24-17-20-19-11-22(17)14-6-5-13(2)15(18)8-14/h5-6,8,11-12H,3-4,7,9-10H2,1-2H3/t12-/m1/s1. The minimum absolute atomic E-state index is 0.169. The summed E-state index contributed by atoms with van der Waals surface area (Å²) in [5, 5.41) is 9.52. The summed E-state index contributed by atoms with van der Waals surface area (Å²) in [7, 11) is 0. The molecular weight excluding hydrogens is 344 g/mol. The maximum absolute atomic E-state index is 12.4. The molecule has 0 spiro atoms. The molecule has 7 heteroatoms. The fourth-order valence-corrected chi connectivity index (χ4v) is 3.87. The third-order valence-corrected chi connectivity index (χ3v) is 5.62. The maximum atomic E-state index is 12.4. The molecule has 0 bridgehead atoms. The van der Waals surface area contributed by atoms with Crippen molar-refractivity contribution in [2.24, 2.45) is 5.92 Å². The van der Waals surface area contributed by atoms with Crippen LogP contribution in [0.1, 0.15) is 25.3 Å².